The van der Waals surface area contributed by atoms with E-state index in [0.717, 1.165) is 6.42 Å². The Balaban J connectivity index is 2.82. The highest BCUT2D eigenvalue weighted by Gasteiger charge is 2.43. The van der Waals surface area contributed by atoms with E-state index < -0.39 is 0 Å². The van der Waals surface area contributed by atoms with Gasteiger partial charge in [-0.3, -0.25) is 4.79 Å². The minimum Gasteiger partial charge on any atom is -0.384 e. The highest BCUT2D eigenvalue weighted by molar-refractivity contribution is 5.85. The molecule has 1 fully saturated rings. The van der Waals surface area contributed by atoms with Crippen LogP contribution in [0.2, 0.25) is 0 Å². The van der Waals surface area contributed by atoms with Crippen molar-refractivity contribution in [1.29, 1.82) is 0 Å². The highest BCUT2D eigenvalue weighted by atomic mass is 16.5. The molecule has 0 aromatic rings. The van der Waals surface area contributed by atoms with Crippen LogP contribution in [-0.4, -0.2) is 19.5 Å². The van der Waals surface area contributed by atoms with E-state index in [1.54, 1.807) is 7.11 Å². The van der Waals surface area contributed by atoms with Crippen LogP contribution in [-0.2, 0) is 9.53 Å². The Kier molecular flexibility index (Phi) is 4.11. The zero-order chi connectivity index (χ0) is 10.6. The summed E-state index contributed by atoms with van der Waals surface area (Å²) in [5.74, 6) is 0.884. The fraction of sp³-hybridized carbons (Fsp3) is 0.917. The summed E-state index contributed by atoms with van der Waals surface area (Å²) in [6.45, 7) is 4.77. The van der Waals surface area contributed by atoms with Crippen molar-refractivity contribution in [3.63, 3.8) is 0 Å². The topological polar surface area (TPSA) is 26.3 Å². The molecule has 1 rings (SSSR count). The van der Waals surface area contributed by atoms with E-state index in [4.69, 9.17) is 4.74 Å². The first-order chi connectivity index (χ1) is 6.67. The molecular weight excluding hydrogens is 176 g/mol. The molecule has 0 N–H and O–H groups in total. The van der Waals surface area contributed by atoms with Crippen molar-refractivity contribution in [1.82, 2.24) is 0 Å². The molecule has 1 saturated carbocycles. The van der Waals surface area contributed by atoms with Gasteiger partial charge in [0.15, 0.2) is 0 Å². The van der Waals surface area contributed by atoms with E-state index in [1.165, 1.54) is 19.3 Å². The van der Waals surface area contributed by atoms with Gasteiger partial charge in [0.2, 0.25) is 0 Å². The van der Waals surface area contributed by atoms with Crippen molar-refractivity contribution in [3.05, 3.63) is 0 Å². The van der Waals surface area contributed by atoms with Crippen molar-refractivity contribution < 1.29 is 9.53 Å². The number of hydrogen-bond donors (Lipinski definition) is 0. The van der Waals surface area contributed by atoms with Gasteiger partial charge in [0, 0.05) is 13.5 Å². The predicted molar refractivity (Wildman–Crippen MR) is 57.2 cm³/mol. The first-order valence-corrected chi connectivity index (χ1v) is 5.69. The molecule has 1 aliphatic carbocycles. The molecule has 14 heavy (non-hydrogen) atoms. The second-order valence-corrected chi connectivity index (χ2v) is 4.51. The number of rotatable bonds is 4. The summed E-state index contributed by atoms with van der Waals surface area (Å²) >= 11 is 0. The molecule has 0 heterocycles. The van der Waals surface area contributed by atoms with E-state index in [0.29, 0.717) is 24.7 Å². The standard InChI is InChI=1S/C12H22O2/c1-4-11(13)12(9-14-3)8-6-5-7-10(12)2/h10H,4-9H2,1-3H3. The van der Waals surface area contributed by atoms with Crippen LogP contribution in [0.1, 0.15) is 46.0 Å². The Labute approximate surface area is 87.0 Å². The fourth-order valence-corrected chi connectivity index (χ4v) is 2.73. The Morgan fingerprint density at radius 2 is 2.21 bits per heavy atom. The smallest absolute Gasteiger partial charge is 0.141 e. The minimum atomic E-state index is -0.165. The summed E-state index contributed by atoms with van der Waals surface area (Å²) in [5.41, 5.74) is -0.165. The lowest BCUT2D eigenvalue weighted by atomic mass is 9.64. The molecule has 0 saturated heterocycles. The van der Waals surface area contributed by atoms with Gasteiger partial charge in [-0.2, -0.15) is 0 Å². The molecule has 1 aliphatic rings. The van der Waals surface area contributed by atoms with Crippen molar-refractivity contribution in [2.45, 2.75) is 46.0 Å². The van der Waals surface area contributed by atoms with Crippen LogP contribution >= 0.6 is 0 Å². The monoisotopic (exact) mass is 198 g/mol. The van der Waals surface area contributed by atoms with E-state index in [-0.39, 0.29) is 5.41 Å². The molecule has 2 heteroatoms. The SMILES string of the molecule is CCC(=O)C1(COC)CCCCC1C. The van der Waals surface area contributed by atoms with Gasteiger partial charge in [-0.05, 0) is 18.8 Å². The van der Waals surface area contributed by atoms with Gasteiger partial charge in [0.1, 0.15) is 5.78 Å². The number of ketones is 1. The predicted octanol–water partition coefficient (Wildman–Crippen LogP) is 2.81. The molecule has 0 aromatic heterocycles. The van der Waals surface area contributed by atoms with Gasteiger partial charge >= 0.3 is 0 Å². The number of carbonyl (C=O) groups is 1. The molecular formula is C12H22O2. The average Bonchev–Trinajstić information content (AvgIpc) is 2.20. The first kappa shape index (κ1) is 11.7. The van der Waals surface area contributed by atoms with Gasteiger partial charge in [-0.1, -0.05) is 26.7 Å². The first-order valence-electron chi connectivity index (χ1n) is 5.69. The van der Waals surface area contributed by atoms with Gasteiger partial charge < -0.3 is 4.74 Å². The lowest BCUT2D eigenvalue weighted by Crippen LogP contribution is -2.43. The van der Waals surface area contributed by atoms with Crippen LogP contribution in [0, 0.1) is 11.3 Å². The normalized spacial score (nSPS) is 32.9. The van der Waals surface area contributed by atoms with E-state index in [2.05, 4.69) is 6.92 Å². The fourth-order valence-electron chi connectivity index (χ4n) is 2.73. The zero-order valence-corrected chi connectivity index (χ0v) is 9.64. The molecule has 0 amide bonds. The molecule has 0 spiro atoms. The highest BCUT2D eigenvalue weighted by Crippen LogP contribution is 2.42. The van der Waals surface area contributed by atoms with E-state index >= 15 is 0 Å². The number of carbonyl (C=O) groups excluding carboxylic acids is 1. The molecule has 0 bridgehead atoms. The molecule has 2 atom stereocenters. The number of Topliss-reactive ketones (excluding diaryl/α,β-unsaturated/α-hetero) is 1. The quantitative estimate of drug-likeness (QED) is 0.694. The van der Waals surface area contributed by atoms with Crippen molar-refractivity contribution >= 4 is 5.78 Å². The second-order valence-electron chi connectivity index (χ2n) is 4.51. The maximum atomic E-state index is 12.0. The van der Waals surface area contributed by atoms with Crippen LogP contribution in [0.5, 0.6) is 0 Å². The van der Waals surface area contributed by atoms with E-state index in [9.17, 15) is 4.79 Å². The number of hydrogen-bond acceptors (Lipinski definition) is 2. The summed E-state index contributed by atoms with van der Waals surface area (Å²) in [5, 5.41) is 0. The van der Waals surface area contributed by atoms with Gasteiger partial charge in [0.05, 0.1) is 12.0 Å². The van der Waals surface area contributed by atoms with E-state index in [1.807, 2.05) is 6.92 Å². The Morgan fingerprint density at radius 1 is 1.50 bits per heavy atom. The summed E-state index contributed by atoms with van der Waals surface area (Å²) in [7, 11) is 1.70. The zero-order valence-electron chi connectivity index (χ0n) is 9.64. The number of methoxy groups -OCH3 is 1. The summed E-state index contributed by atoms with van der Waals surface area (Å²) in [6.07, 6.45) is 5.29. The summed E-state index contributed by atoms with van der Waals surface area (Å²) in [4.78, 5) is 12.0. The molecule has 2 nitrogen and oxygen atoms in total. The third-order valence-electron chi connectivity index (χ3n) is 3.73. The molecule has 82 valence electrons. The second kappa shape index (κ2) is 4.92. The third kappa shape index (κ3) is 2.00. The number of ether oxygens (including phenoxy) is 1. The van der Waals surface area contributed by atoms with Crippen molar-refractivity contribution in [3.8, 4) is 0 Å². The van der Waals surface area contributed by atoms with Crippen LogP contribution in [0.3, 0.4) is 0 Å². The third-order valence-corrected chi connectivity index (χ3v) is 3.73. The molecule has 0 radical (unpaired) electrons. The maximum Gasteiger partial charge on any atom is 0.141 e. The van der Waals surface area contributed by atoms with Gasteiger partial charge in [0.25, 0.3) is 0 Å². The maximum absolute atomic E-state index is 12.0. The van der Waals surface area contributed by atoms with Crippen LogP contribution in [0.4, 0.5) is 0 Å². The Bertz CT molecular complexity index is 196. The Hall–Kier alpha value is -0.370. The minimum absolute atomic E-state index is 0.165. The molecule has 2 unspecified atom stereocenters. The van der Waals surface area contributed by atoms with Gasteiger partial charge in [-0.25, -0.2) is 0 Å². The molecule has 0 aliphatic heterocycles. The Morgan fingerprint density at radius 3 is 2.71 bits per heavy atom. The van der Waals surface area contributed by atoms with Crippen LogP contribution in [0.15, 0.2) is 0 Å². The largest absolute Gasteiger partial charge is 0.384 e. The van der Waals surface area contributed by atoms with Crippen molar-refractivity contribution in [2.75, 3.05) is 13.7 Å². The molecule has 0 aromatic carbocycles. The lowest BCUT2D eigenvalue weighted by Gasteiger charge is -2.40. The average molecular weight is 198 g/mol. The summed E-state index contributed by atoms with van der Waals surface area (Å²) in [6, 6.07) is 0. The van der Waals surface area contributed by atoms with Crippen molar-refractivity contribution in [2.24, 2.45) is 11.3 Å². The lowest BCUT2D eigenvalue weighted by molar-refractivity contribution is -0.138. The van der Waals surface area contributed by atoms with Gasteiger partial charge in [-0.15, -0.1) is 0 Å². The summed E-state index contributed by atoms with van der Waals surface area (Å²) < 4.78 is 5.26. The van der Waals surface area contributed by atoms with Crippen LogP contribution in [0.25, 0.3) is 0 Å². The van der Waals surface area contributed by atoms with Crippen LogP contribution < -0.4 is 0 Å².